The smallest absolute Gasteiger partial charge is 0.768 e. The molecule has 0 aliphatic heterocycles. The first-order valence-electron chi connectivity index (χ1n) is 4.42. The average Bonchev–Trinajstić information content (AvgIpc) is 2.27. The van der Waals surface area contributed by atoms with Gasteiger partial charge in [0.2, 0.25) is 0 Å². The first-order chi connectivity index (χ1) is 7.58. The molecule has 0 bridgehead atoms. The Bertz CT molecular complexity index is 544. The number of carbonyl (C=O) groups is 1. The van der Waals surface area contributed by atoms with Crippen LogP contribution in [0.2, 0.25) is 0 Å². The third-order valence-corrected chi connectivity index (χ3v) is 2.88. The van der Waals surface area contributed by atoms with Crippen molar-refractivity contribution in [2.45, 2.75) is 4.90 Å². The van der Waals surface area contributed by atoms with E-state index in [9.17, 15) is 18.7 Å². The van der Waals surface area contributed by atoms with Crippen molar-refractivity contribution in [3.05, 3.63) is 42.0 Å². The zero-order valence-electron chi connectivity index (χ0n) is 9.01. The fourth-order valence-electron chi connectivity index (χ4n) is 1.45. The first kappa shape index (κ1) is 14.3. The third kappa shape index (κ3) is 3.14. The molecule has 2 rings (SSSR count). The Kier molecular flexibility index (Phi) is 4.85. The Balaban J connectivity index is 0.00000144. The largest absolute Gasteiger partial charge is 1.00 e. The van der Waals surface area contributed by atoms with Crippen LogP contribution in [0.25, 0.3) is 10.8 Å². The molecule has 0 radical (unpaired) electrons. The Morgan fingerprint density at radius 1 is 1.06 bits per heavy atom. The third-order valence-electron chi connectivity index (χ3n) is 2.24. The van der Waals surface area contributed by atoms with Gasteiger partial charge in [0.1, 0.15) is 0 Å². The molecule has 0 aliphatic carbocycles. The van der Waals surface area contributed by atoms with Gasteiger partial charge in [-0.1, -0.05) is 18.2 Å². The van der Waals surface area contributed by atoms with Gasteiger partial charge >= 0.3 is 29.6 Å². The van der Waals surface area contributed by atoms with Crippen molar-refractivity contribution < 1.29 is 48.2 Å². The van der Waals surface area contributed by atoms with Crippen LogP contribution in [-0.4, -0.2) is 14.7 Å². The number of carboxylic acid groups (broad SMARTS) is 1. The predicted molar refractivity (Wildman–Crippen MR) is 55.5 cm³/mol. The van der Waals surface area contributed by atoms with E-state index in [1.54, 1.807) is 12.1 Å². The topological polar surface area (TPSA) is 80.3 Å². The van der Waals surface area contributed by atoms with E-state index in [0.29, 0.717) is 10.8 Å². The summed E-state index contributed by atoms with van der Waals surface area (Å²) in [6.07, 6.45) is 0. The number of hydrogen-bond acceptors (Lipinski definition) is 4. The van der Waals surface area contributed by atoms with Crippen LogP contribution in [0.1, 0.15) is 10.4 Å². The van der Waals surface area contributed by atoms with Crippen LogP contribution in [0.15, 0.2) is 41.3 Å². The summed E-state index contributed by atoms with van der Waals surface area (Å²) in [5, 5.41) is 11.9. The number of benzene rings is 2. The number of carbonyl (C=O) groups excluding carboxylic acids is 1. The van der Waals surface area contributed by atoms with E-state index in [-0.39, 0.29) is 40.0 Å². The van der Waals surface area contributed by atoms with Crippen molar-refractivity contribution in [3.8, 4) is 0 Å². The molecule has 4 nitrogen and oxygen atoms in total. The summed E-state index contributed by atoms with van der Waals surface area (Å²) in [5.74, 6) is -1.25. The first-order valence-corrected chi connectivity index (χ1v) is 5.50. The van der Waals surface area contributed by atoms with Gasteiger partial charge in [-0.2, -0.15) is 0 Å². The van der Waals surface area contributed by atoms with Crippen LogP contribution in [0, 0.1) is 0 Å². The summed E-state index contributed by atoms with van der Waals surface area (Å²) in [4.78, 5) is 10.8. The zero-order valence-corrected chi connectivity index (χ0v) is 11.8. The van der Waals surface area contributed by atoms with Gasteiger partial charge in [0, 0.05) is 4.90 Å². The van der Waals surface area contributed by atoms with Crippen molar-refractivity contribution in [1.82, 2.24) is 0 Å². The average molecular weight is 257 g/mol. The van der Waals surface area contributed by atoms with Gasteiger partial charge in [0.05, 0.1) is 5.97 Å². The van der Waals surface area contributed by atoms with Crippen LogP contribution in [-0.2, 0) is 11.1 Å². The summed E-state index contributed by atoms with van der Waals surface area (Å²) in [6, 6.07) is 8.85. The van der Waals surface area contributed by atoms with Crippen LogP contribution in [0.5, 0.6) is 0 Å². The Labute approximate surface area is 122 Å². The normalized spacial score (nSPS) is 11.8. The second-order valence-corrected chi connectivity index (χ2v) is 4.19. The van der Waals surface area contributed by atoms with Crippen LogP contribution >= 0.6 is 0 Å². The Morgan fingerprint density at radius 2 is 1.65 bits per heavy atom. The fraction of sp³-hybridized carbons (Fsp3) is 0. The van der Waals surface area contributed by atoms with Crippen LogP contribution in [0.4, 0.5) is 0 Å². The molecule has 0 saturated carbocycles. The molecule has 6 heteroatoms. The van der Waals surface area contributed by atoms with Gasteiger partial charge in [-0.3, -0.25) is 4.21 Å². The van der Waals surface area contributed by atoms with Gasteiger partial charge in [-0.15, -0.1) is 0 Å². The number of carboxylic acids is 1. The quantitative estimate of drug-likeness (QED) is 0.438. The molecule has 2 aromatic rings. The fourth-order valence-corrected chi connectivity index (χ4v) is 1.86. The van der Waals surface area contributed by atoms with Gasteiger partial charge in [0.25, 0.3) is 0 Å². The standard InChI is InChI=1S/C11H8O4S.Na/c12-11(13)9-2-1-8-6-10(16(14)15)4-3-7(8)5-9;/h1-6H,(H,12,13)(H,14,15);/q;+1/p-2. The van der Waals surface area contributed by atoms with Crippen molar-refractivity contribution in [2.24, 2.45) is 0 Å². The summed E-state index contributed by atoms with van der Waals surface area (Å²) in [5.41, 5.74) is 0.0727. The molecule has 2 aromatic carbocycles. The molecule has 17 heavy (non-hydrogen) atoms. The Morgan fingerprint density at radius 3 is 2.24 bits per heavy atom. The minimum Gasteiger partial charge on any atom is -0.768 e. The predicted octanol–water partition coefficient (Wildman–Crippen LogP) is -2.55. The number of fused-ring (bicyclic) bond motifs is 1. The molecule has 0 aromatic heterocycles. The molecule has 0 N–H and O–H groups in total. The van der Waals surface area contributed by atoms with Crippen molar-refractivity contribution in [2.75, 3.05) is 0 Å². The monoisotopic (exact) mass is 257 g/mol. The molecule has 1 unspecified atom stereocenters. The SMILES string of the molecule is O=C([O-])c1ccc2cc(S(=O)[O-])ccc2c1.[Na+]. The van der Waals surface area contributed by atoms with Crippen molar-refractivity contribution in [1.29, 1.82) is 0 Å². The van der Waals surface area contributed by atoms with Gasteiger partial charge in [-0.25, -0.2) is 0 Å². The van der Waals surface area contributed by atoms with Gasteiger partial charge in [0.15, 0.2) is 0 Å². The van der Waals surface area contributed by atoms with Crippen LogP contribution < -0.4 is 34.7 Å². The second-order valence-electron chi connectivity index (χ2n) is 3.25. The summed E-state index contributed by atoms with van der Waals surface area (Å²) in [7, 11) is 0. The minimum atomic E-state index is -2.28. The molecule has 82 valence electrons. The van der Waals surface area contributed by atoms with E-state index in [2.05, 4.69) is 0 Å². The van der Waals surface area contributed by atoms with E-state index in [4.69, 9.17) is 0 Å². The molecule has 0 fully saturated rings. The van der Waals surface area contributed by atoms with E-state index < -0.39 is 17.0 Å². The van der Waals surface area contributed by atoms with Gasteiger partial charge in [-0.05, 0) is 45.6 Å². The Hall–Kier alpha value is -0.720. The van der Waals surface area contributed by atoms with E-state index in [0.717, 1.165) is 0 Å². The maximum absolute atomic E-state index is 10.7. The molecule has 0 aliphatic rings. The maximum Gasteiger partial charge on any atom is 1.00 e. The van der Waals surface area contributed by atoms with E-state index in [1.165, 1.54) is 24.3 Å². The van der Waals surface area contributed by atoms with E-state index >= 15 is 0 Å². The molecular weight excluding hydrogens is 251 g/mol. The van der Waals surface area contributed by atoms with Crippen molar-refractivity contribution in [3.63, 3.8) is 0 Å². The summed E-state index contributed by atoms with van der Waals surface area (Å²) < 4.78 is 21.4. The minimum absolute atomic E-state index is 0. The number of rotatable bonds is 2. The second kappa shape index (κ2) is 5.75. The summed E-state index contributed by atoms with van der Waals surface area (Å²) >= 11 is -2.28. The molecule has 0 saturated heterocycles. The van der Waals surface area contributed by atoms with Crippen molar-refractivity contribution >= 4 is 27.8 Å². The zero-order chi connectivity index (χ0) is 11.7. The maximum atomic E-state index is 10.7. The van der Waals surface area contributed by atoms with Crippen LogP contribution in [0.3, 0.4) is 0 Å². The number of hydrogen-bond donors (Lipinski definition) is 0. The molecule has 0 spiro atoms. The van der Waals surface area contributed by atoms with E-state index in [1.807, 2.05) is 0 Å². The molecule has 1 atom stereocenters. The molecular formula is C11H6NaO4S-. The summed E-state index contributed by atoms with van der Waals surface area (Å²) in [6.45, 7) is 0. The molecule has 0 heterocycles. The number of aromatic carboxylic acids is 1. The molecule has 0 amide bonds. The van der Waals surface area contributed by atoms with Gasteiger partial charge < -0.3 is 14.5 Å².